The van der Waals surface area contributed by atoms with E-state index in [2.05, 4.69) is 25.7 Å². The number of aryl methyl sites for hydroxylation is 1. The van der Waals surface area contributed by atoms with Crippen LogP contribution in [-0.2, 0) is 11.8 Å². The quantitative estimate of drug-likeness (QED) is 0.577. The Hall–Kier alpha value is -3.90. The Bertz CT molecular complexity index is 1190. The number of anilines is 3. The summed E-state index contributed by atoms with van der Waals surface area (Å²) in [5, 5.41) is 9.15. The van der Waals surface area contributed by atoms with Crippen molar-refractivity contribution in [3.8, 4) is 11.5 Å². The Labute approximate surface area is 185 Å². The van der Waals surface area contributed by atoms with Crippen molar-refractivity contribution in [2.75, 3.05) is 28.6 Å². The predicted octanol–water partition coefficient (Wildman–Crippen LogP) is 3.07. The summed E-state index contributed by atoms with van der Waals surface area (Å²) < 4.78 is 44.1. The Kier molecular flexibility index (Phi) is 5.78. The molecule has 3 aromatic heterocycles. The summed E-state index contributed by atoms with van der Waals surface area (Å²) in [6, 6.07) is 2.82. The fraction of sp³-hybridized carbons (Fsp3) is 0.350. The summed E-state index contributed by atoms with van der Waals surface area (Å²) in [6.07, 6.45) is 0.308. The van der Waals surface area contributed by atoms with Crippen molar-refractivity contribution >= 4 is 29.1 Å². The van der Waals surface area contributed by atoms with Crippen LogP contribution in [0.15, 0.2) is 35.2 Å². The molecule has 13 heteroatoms. The lowest BCUT2D eigenvalue weighted by Gasteiger charge is -2.15. The van der Waals surface area contributed by atoms with E-state index in [-0.39, 0.29) is 29.2 Å². The second-order valence-corrected chi connectivity index (χ2v) is 7.61. The number of amides is 2. The van der Waals surface area contributed by atoms with Gasteiger partial charge in [0.2, 0.25) is 11.8 Å². The number of hydrogen-bond acceptors (Lipinski definition) is 7. The van der Waals surface area contributed by atoms with Gasteiger partial charge >= 0.3 is 6.18 Å². The van der Waals surface area contributed by atoms with Gasteiger partial charge in [-0.1, -0.05) is 6.92 Å². The van der Waals surface area contributed by atoms with E-state index >= 15 is 0 Å². The standard InChI is InChI=1S/C20H20F3N7O3/c1-11-4-6-30(19(11)32)16-13(8-29(2)28-16)26-17(31)14-9-33-18(27-14)12-3-5-24-15(7-12)25-10-20(21,22)23/h3,5,7-9,11H,4,6,10H2,1-2H3,(H,24,25)(H,26,31)/t11-/m0/s1. The first-order chi connectivity index (χ1) is 15.6. The molecular formula is C20H20F3N7O3. The van der Waals surface area contributed by atoms with E-state index in [1.165, 1.54) is 27.9 Å². The second-order valence-electron chi connectivity index (χ2n) is 7.61. The number of nitrogens with zero attached hydrogens (tertiary/aromatic N) is 5. The fourth-order valence-corrected chi connectivity index (χ4v) is 3.34. The smallest absolute Gasteiger partial charge is 0.405 e. The average Bonchev–Trinajstić information content (AvgIpc) is 3.46. The lowest BCUT2D eigenvalue weighted by atomic mass is 10.1. The molecule has 4 rings (SSSR count). The van der Waals surface area contributed by atoms with E-state index in [9.17, 15) is 22.8 Å². The van der Waals surface area contributed by atoms with E-state index < -0.39 is 18.6 Å². The van der Waals surface area contributed by atoms with Gasteiger partial charge in [0.1, 0.15) is 24.3 Å². The molecule has 0 radical (unpaired) electrons. The first-order valence-corrected chi connectivity index (χ1v) is 9.99. The van der Waals surface area contributed by atoms with Crippen molar-refractivity contribution in [1.82, 2.24) is 19.7 Å². The molecular weight excluding hydrogens is 443 g/mol. The highest BCUT2D eigenvalue weighted by Crippen LogP contribution is 2.30. The van der Waals surface area contributed by atoms with Gasteiger partial charge in [-0.3, -0.25) is 19.2 Å². The predicted molar refractivity (Wildman–Crippen MR) is 112 cm³/mol. The molecule has 33 heavy (non-hydrogen) atoms. The van der Waals surface area contributed by atoms with Crippen LogP contribution in [0, 0.1) is 5.92 Å². The molecule has 174 valence electrons. The van der Waals surface area contributed by atoms with E-state index in [1.54, 1.807) is 13.2 Å². The van der Waals surface area contributed by atoms with Crippen molar-refractivity contribution in [1.29, 1.82) is 0 Å². The van der Waals surface area contributed by atoms with E-state index in [0.29, 0.717) is 30.0 Å². The molecule has 1 atom stereocenters. The normalized spacial score (nSPS) is 16.3. The maximum Gasteiger partial charge on any atom is 0.405 e. The Morgan fingerprint density at radius 1 is 1.36 bits per heavy atom. The van der Waals surface area contributed by atoms with Crippen LogP contribution >= 0.6 is 0 Å². The third kappa shape index (κ3) is 4.96. The fourth-order valence-electron chi connectivity index (χ4n) is 3.34. The molecule has 10 nitrogen and oxygen atoms in total. The van der Waals surface area contributed by atoms with Crippen LogP contribution in [0.25, 0.3) is 11.5 Å². The molecule has 0 spiro atoms. The van der Waals surface area contributed by atoms with Crippen molar-refractivity contribution in [3.05, 3.63) is 36.5 Å². The molecule has 0 aromatic carbocycles. The lowest BCUT2D eigenvalue weighted by molar-refractivity contribution is -0.120. The van der Waals surface area contributed by atoms with Crippen LogP contribution in [0.4, 0.5) is 30.5 Å². The third-order valence-corrected chi connectivity index (χ3v) is 5.00. The number of oxazole rings is 1. The number of rotatable bonds is 6. The first kappa shape index (κ1) is 22.3. The summed E-state index contributed by atoms with van der Waals surface area (Å²) in [7, 11) is 1.67. The summed E-state index contributed by atoms with van der Waals surface area (Å²) in [5.41, 5.74) is 0.632. The summed E-state index contributed by atoms with van der Waals surface area (Å²) in [6.45, 7) is 1.10. The summed E-state index contributed by atoms with van der Waals surface area (Å²) in [5.74, 6) is -0.418. The molecule has 2 N–H and O–H groups in total. The minimum atomic E-state index is -4.39. The highest BCUT2D eigenvalue weighted by molar-refractivity contribution is 6.06. The molecule has 1 saturated heterocycles. The van der Waals surface area contributed by atoms with Gasteiger partial charge in [0.15, 0.2) is 11.5 Å². The first-order valence-electron chi connectivity index (χ1n) is 9.99. The van der Waals surface area contributed by atoms with E-state index in [1.807, 2.05) is 6.92 Å². The topological polar surface area (TPSA) is 118 Å². The third-order valence-electron chi connectivity index (χ3n) is 5.00. The van der Waals surface area contributed by atoms with Crippen LogP contribution in [0.2, 0.25) is 0 Å². The van der Waals surface area contributed by atoms with Crippen LogP contribution in [-0.4, -0.2) is 50.8 Å². The van der Waals surface area contributed by atoms with Crippen molar-refractivity contribution in [2.45, 2.75) is 19.5 Å². The summed E-state index contributed by atoms with van der Waals surface area (Å²) in [4.78, 5) is 34.6. The van der Waals surface area contributed by atoms with Crippen LogP contribution in [0.3, 0.4) is 0 Å². The monoisotopic (exact) mass is 463 g/mol. The largest absolute Gasteiger partial charge is 0.444 e. The Balaban J connectivity index is 1.49. The van der Waals surface area contributed by atoms with E-state index in [4.69, 9.17) is 4.42 Å². The van der Waals surface area contributed by atoms with Gasteiger partial charge in [0.05, 0.1) is 6.20 Å². The highest BCUT2D eigenvalue weighted by Gasteiger charge is 2.33. The molecule has 0 saturated carbocycles. The van der Waals surface area contributed by atoms with Gasteiger partial charge in [-0.2, -0.15) is 18.3 Å². The highest BCUT2D eigenvalue weighted by atomic mass is 19.4. The molecule has 3 aromatic rings. The van der Waals surface area contributed by atoms with Crippen molar-refractivity contribution in [3.63, 3.8) is 0 Å². The molecule has 0 bridgehead atoms. The molecule has 0 unspecified atom stereocenters. The summed E-state index contributed by atoms with van der Waals surface area (Å²) >= 11 is 0. The Morgan fingerprint density at radius 3 is 2.85 bits per heavy atom. The van der Waals surface area contributed by atoms with E-state index in [0.717, 1.165) is 6.26 Å². The van der Waals surface area contributed by atoms with Gasteiger partial charge in [-0.05, 0) is 18.6 Å². The second kappa shape index (κ2) is 8.56. The van der Waals surface area contributed by atoms with Crippen LogP contribution in [0.5, 0.6) is 0 Å². The lowest BCUT2D eigenvalue weighted by Crippen LogP contribution is -2.28. The molecule has 1 aliphatic rings. The maximum absolute atomic E-state index is 12.7. The number of carbonyl (C=O) groups is 2. The van der Waals surface area contributed by atoms with Gasteiger partial charge < -0.3 is 15.1 Å². The van der Waals surface area contributed by atoms with Crippen molar-refractivity contribution in [2.24, 2.45) is 13.0 Å². The SMILES string of the molecule is C[C@H]1CCN(c2nn(C)cc2NC(=O)c2coc(-c3ccnc(NCC(F)(F)F)c3)n2)C1=O. The molecule has 0 aliphatic carbocycles. The number of hydrogen-bond donors (Lipinski definition) is 2. The minimum absolute atomic E-state index is 0.0152. The number of halogens is 3. The van der Waals surface area contributed by atoms with Crippen LogP contribution in [0.1, 0.15) is 23.8 Å². The van der Waals surface area contributed by atoms with Crippen molar-refractivity contribution < 1.29 is 27.2 Å². The maximum atomic E-state index is 12.7. The van der Waals surface area contributed by atoms with Crippen LogP contribution < -0.4 is 15.5 Å². The molecule has 1 aliphatic heterocycles. The number of nitrogens with one attached hydrogen (secondary N) is 2. The van der Waals surface area contributed by atoms with Gasteiger partial charge in [-0.15, -0.1) is 0 Å². The van der Waals surface area contributed by atoms with Gasteiger partial charge in [0, 0.05) is 31.3 Å². The minimum Gasteiger partial charge on any atom is -0.444 e. The number of pyridine rings is 1. The molecule has 4 heterocycles. The van der Waals surface area contributed by atoms with Gasteiger partial charge in [-0.25, -0.2) is 9.97 Å². The zero-order chi connectivity index (χ0) is 23.8. The zero-order valence-corrected chi connectivity index (χ0v) is 17.7. The number of carbonyl (C=O) groups excluding carboxylic acids is 2. The molecule has 1 fully saturated rings. The Morgan fingerprint density at radius 2 is 2.15 bits per heavy atom. The zero-order valence-electron chi connectivity index (χ0n) is 17.7. The molecule has 2 amide bonds. The van der Waals surface area contributed by atoms with Gasteiger partial charge in [0.25, 0.3) is 5.91 Å². The average molecular weight is 463 g/mol. The number of aromatic nitrogens is 4. The number of alkyl halides is 3.